The summed E-state index contributed by atoms with van der Waals surface area (Å²) in [6.45, 7) is 2.81. The van der Waals surface area contributed by atoms with Gasteiger partial charge >= 0.3 is 0 Å². The van der Waals surface area contributed by atoms with Gasteiger partial charge in [-0.25, -0.2) is 13.2 Å². The summed E-state index contributed by atoms with van der Waals surface area (Å²) in [4.78, 5) is 25.3. The van der Waals surface area contributed by atoms with E-state index < -0.39 is 40.1 Å². The minimum Gasteiger partial charge on any atom is -0.385 e. The van der Waals surface area contributed by atoms with Gasteiger partial charge in [0.05, 0.1) is 35.4 Å². The van der Waals surface area contributed by atoms with Crippen molar-refractivity contribution in [3.05, 3.63) is 56.9 Å². The SMILES string of the molecule is CC(C)(C=O)C1(O)CN(C(=O)c2ccc(F)c(F)c2Nc2ccc(I)cc2F)C1. The van der Waals surface area contributed by atoms with Crippen LogP contribution < -0.4 is 5.32 Å². The highest BCUT2D eigenvalue weighted by Crippen LogP contribution is 2.38. The average Bonchev–Trinajstić information content (AvgIpc) is 2.64. The van der Waals surface area contributed by atoms with Crippen molar-refractivity contribution in [3.8, 4) is 0 Å². The Kier molecular flexibility index (Phi) is 5.65. The Morgan fingerprint density at radius 1 is 1.21 bits per heavy atom. The van der Waals surface area contributed by atoms with Gasteiger partial charge in [0.25, 0.3) is 5.91 Å². The molecule has 0 aromatic heterocycles. The van der Waals surface area contributed by atoms with E-state index in [0.29, 0.717) is 9.86 Å². The maximum atomic E-state index is 14.5. The topological polar surface area (TPSA) is 69.6 Å². The predicted octanol–water partition coefficient (Wildman–Crippen LogP) is 3.86. The van der Waals surface area contributed by atoms with Crippen LogP contribution in [0.3, 0.4) is 0 Å². The van der Waals surface area contributed by atoms with E-state index in [1.807, 2.05) is 22.6 Å². The highest BCUT2D eigenvalue weighted by Gasteiger charge is 2.54. The van der Waals surface area contributed by atoms with Gasteiger partial charge in [-0.1, -0.05) is 13.8 Å². The lowest BCUT2D eigenvalue weighted by Crippen LogP contribution is -2.70. The van der Waals surface area contributed by atoms with Gasteiger partial charge < -0.3 is 20.1 Å². The molecule has 1 aliphatic rings. The molecule has 5 nitrogen and oxygen atoms in total. The molecule has 9 heteroatoms. The molecule has 2 aromatic carbocycles. The first-order valence-electron chi connectivity index (χ1n) is 8.67. The number of anilines is 2. The van der Waals surface area contributed by atoms with Crippen LogP contribution >= 0.6 is 22.6 Å². The monoisotopic (exact) mass is 518 g/mol. The molecule has 0 bridgehead atoms. The van der Waals surface area contributed by atoms with Crippen molar-refractivity contribution < 1.29 is 27.9 Å². The Balaban J connectivity index is 1.92. The number of hydrogen-bond donors (Lipinski definition) is 2. The Morgan fingerprint density at radius 2 is 1.86 bits per heavy atom. The van der Waals surface area contributed by atoms with Gasteiger partial charge in [-0.05, 0) is 52.9 Å². The molecule has 1 amide bonds. The van der Waals surface area contributed by atoms with Crippen LogP contribution in [0.2, 0.25) is 0 Å². The molecule has 0 atom stereocenters. The predicted molar refractivity (Wildman–Crippen MR) is 109 cm³/mol. The van der Waals surface area contributed by atoms with Gasteiger partial charge in [-0.3, -0.25) is 4.79 Å². The third kappa shape index (κ3) is 3.85. The fourth-order valence-corrected chi connectivity index (χ4v) is 3.45. The van der Waals surface area contributed by atoms with Crippen molar-refractivity contribution in [2.24, 2.45) is 5.41 Å². The van der Waals surface area contributed by atoms with E-state index in [4.69, 9.17) is 0 Å². The molecule has 1 heterocycles. The molecule has 29 heavy (non-hydrogen) atoms. The molecule has 2 N–H and O–H groups in total. The second-order valence-corrected chi connectivity index (χ2v) is 8.81. The molecule has 3 rings (SSSR count). The first-order valence-corrected chi connectivity index (χ1v) is 9.75. The minimum absolute atomic E-state index is 0.119. The molecule has 0 unspecified atom stereocenters. The van der Waals surface area contributed by atoms with Gasteiger partial charge in [-0.15, -0.1) is 0 Å². The summed E-state index contributed by atoms with van der Waals surface area (Å²) in [6, 6.07) is 6.03. The van der Waals surface area contributed by atoms with Crippen LogP contribution in [0.1, 0.15) is 24.2 Å². The number of aliphatic hydroxyl groups is 1. The molecule has 0 aliphatic carbocycles. The fourth-order valence-electron chi connectivity index (χ4n) is 2.99. The number of amides is 1. The average molecular weight is 518 g/mol. The summed E-state index contributed by atoms with van der Waals surface area (Å²) in [5.41, 5.74) is -3.33. The summed E-state index contributed by atoms with van der Waals surface area (Å²) < 4.78 is 43.0. The number of carbonyl (C=O) groups excluding carboxylic acids is 2. The molecule has 0 saturated carbocycles. The number of carbonyl (C=O) groups is 2. The van der Waals surface area contributed by atoms with Gasteiger partial charge in [0.15, 0.2) is 11.6 Å². The number of nitrogens with zero attached hydrogens (tertiary/aromatic N) is 1. The molecule has 0 spiro atoms. The molecule has 0 radical (unpaired) electrons. The Morgan fingerprint density at radius 3 is 2.45 bits per heavy atom. The highest BCUT2D eigenvalue weighted by atomic mass is 127. The number of β-amino-alcohol motifs (C(OH)–C–C–N with tert-alkyl or cyclic N) is 1. The van der Waals surface area contributed by atoms with Crippen molar-refractivity contribution in [1.29, 1.82) is 0 Å². The Bertz CT molecular complexity index is 991. The zero-order valence-electron chi connectivity index (χ0n) is 15.6. The first-order chi connectivity index (χ1) is 13.5. The maximum Gasteiger partial charge on any atom is 0.256 e. The number of halogens is 4. The van der Waals surface area contributed by atoms with Crippen LogP contribution in [0.25, 0.3) is 0 Å². The van der Waals surface area contributed by atoms with Crippen molar-refractivity contribution in [2.75, 3.05) is 18.4 Å². The Hall–Kier alpha value is -2.14. The van der Waals surface area contributed by atoms with E-state index in [-0.39, 0.29) is 24.3 Å². The minimum atomic E-state index is -1.42. The van der Waals surface area contributed by atoms with E-state index in [1.54, 1.807) is 19.9 Å². The van der Waals surface area contributed by atoms with Crippen molar-refractivity contribution >= 4 is 46.2 Å². The van der Waals surface area contributed by atoms with Crippen LogP contribution in [0.5, 0.6) is 0 Å². The lowest BCUT2D eigenvalue weighted by molar-refractivity contribution is -0.160. The van der Waals surface area contributed by atoms with E-state index in [0.717, 1.165) is 12.1 Å². The third-order valence-corrected chi connectivity index (χ3v) is 5.87. The zero-order valence-corrected chi connectivity index (χ0v) is 17.8. The normalized spacial score (nSPS) is 15.6. The molecule has 154 valence electrons. The first kappa shape index (κ1) is 21.6. The zero-order chi connectivity index (χ0) is 21.6. The van der Waals surface area contributed by atoms with E-state index in [2.05, 4.69) is 5.32 Å². The highest BCUT2D eigenvalue weighted by molar-refractivity contribution is 14.1. The third-order valence-electron chi connectivity index (χ3n) is 5.20. The fraction of sp³-hybridized carbons (Fsp3) is 0.300. The maximum absolute atomic E-state index is 14.5. The molecule has 1 aliphatic heterocycles. The van der Waals surface area contributed by atoms with Crippen LogP contribution in [0.4, 0.5) is 24.5 Å². The summed E-state index contributed by atoms with van der Waals surface area (Å²) in [7, 11) is 0. The summed E-state index contributed by atoms with van der Waals surface area (Å²) in [5.74, 6) is -3.89. The molecule has 2 aromatic rings. The van der Waals surface area contributed by atoms with Crippen LogP contribution in [-0.4, -0.2) is 40.9 Å². The van der Waals surface area contributed by atoms with E-state index >= 15 is 0 Å². The number of benzene rings is 2. The van der Waals surface area contributed by atoms with E-state index in [1.165, 1.54) is 17.0 Å². The number of aldehydes is 1. The summed E-state index contributed by atoms with van der Waals surface area (Å²) in [6.07, 6.45) is 0.610. The lowest BCUT2D eigenvalue weighted by Gasteiger charge is -2.52. The summed E-state index contributed by atoms with van der Waals surface area (Å²) >= 11 is 1.91. The van der Waals surface area contributed by atoms with Crippen molar-refractivity contribution in [2.45, 2.75) is 19.4 Å². The van der Waals surface area contributed by atoms with E-state index in [9.17, 15) is 27.9 Å². The van der Waals surface area contributed by atoms with Crippen molar-refractivity contribution in [1.82, 2.24) is 4.90 Å². The number of likely N-dealkylation sites (tertiary alicyclic amines) is 1. The Labute approximate surface area is 179 Å². The van der Waals surface area contributed by atoms with Crippen molar-refractivity contribution in [3.63, 3.8) is 0 Å². The number of hydrogen-bond acceptors (Lipinski definition) is 4. The number of rotatable bonds is 5. The van der Waals surface area contributed by atoms with Crippen LogP contribution in [-0.2, 0) is 4.79 Å². The van der Waals surface area contributed by atoms with Gasteiger partial charge in [0.2, 0.25) is 0 Å². The molecular weight excluding hydrogens is 500 g/mol. The van der Waals surface area contributed by atoms with Gasteiger partial charge in [0, 0.05) is 3.57 Å². The second-order valence-electron chi connectivity index (χ2n) is 7.57. The van der Waals surface area contributed by atoms with Gasteiger partial charge in [-0.2, -0.15) is 0 Å². The smallest absolute Gasteiger partial charge is 0.256 e. The van der Waals surface area contributed by atoms with Gasteiger partial charge in [0.1, 0.15) is 17.7 Å². The second kappa shape index (κ2) is 7.60. The number of nitrogens with one attached hydrogen (secondary N) is 1. The van der Waals surface area contributed by atoms with Crippen LogP contribution in [0.15, 0.2) is 30.3 Å². The molecule has 1 fully saturated rings. The summed E-state index contributed by atoms with van der Waals surface area (Å²) in [5, 5.41) is 13.0. The van der Waals surface area contributed by atoms with Crippen LogP contribution in [0, 0.1) is 26.4 Å². The standard InChI is InChI=1S/C20H18F3IN2O3/c1-19(2,10-27)20(29)8-26(9-20)18(28)12-4-5-13(21)16(23)17(12)25-15-6-3-11(24)7-14(15)22/h3-7,10,25,29H,8-9H2,1-2H3. The molecular formula is C20H18F3IN2O3. The lowest BCUT2D eigenvalue weighted by atomic mass is 9.71. The molecule has 1 saturated heterocycles. The quantitative estimate of drug-likeness (QED) is 0.466. The largest absolute Gasteiger partial charge is 0.385 e.